The van der Waals surface area contributed by atoms with Gasteiger partial charge in [-0.2, -0.15) is 0 Å². The second kappa shape index (κ2) is 6.45. The molecule has 0 N–H and O–H groups in total. The molecule has 1 aromatic carbocycles. The van der Waals surface area contributed by atoms with Crippen LogP contribution in [0.15, 0.2) is 28.9 Å². The molecule has 2 heterocycles. The Morgan fingerprint density at radius 1 is 1.33 bits per heavy atom. The summed E-state index contributed by atoms with van der Waals surface area (Å²) in [5.74, 6) is 0.845. The maximum atomic E-state index is 5.99. The summed E-state index contributed by atoms with van der Waals surface area (Å²) in [7, 11) is 0. The third-order valence-corrected chi connectivity index (χ3v) is 3.99. The molecule has 2 aromatic rings. The van der Waals surface area contributed by atoms with E-state index in [1.54, 1.807) is 0 Å². The zero-order valence-electron chi connectivity index (χ0n) is 12.0. The smallest absolute Gasteiger partial charge is 0.122 e. The van der Waals surface area contributed by atoms with Gasteiger partial charge in [-0.3, -0.25) is 4.90 Å². The predicted molar refractivity (Wildman–Crippen MR) is 79.4 cm³/mol. The van der Waals surface area contributed by atoms with Crippen molar-refractivity contribution >= 4 is 11.6 Å². The molecule has 0 radical (unpaired) electrons. The third kappa shape index (κ3) is 3.74. The van der Waals surface area contributed by atoms with Crippen molar-refractivity contribution in [3.05, 3.63) is 40.7 Å². The van der Waals surface area contributed by atoms with Crippen LogP contribution >= 0.6 is 11.6 Å². The molecule has 0 atom stereocenters. The molecule has 1 aliphatic heterocycles. The Morgan fingerprint density at radius 2 is 2.14 bits per heavy atom. The molecule has 0 aliphatic carbocycles. The van der Waals surface area contributed by atoms with E-state index in [0.717, 1.165) is 49.6 Å². The van der Waals surface area contributed by atoms with Gasteiger partial charge in [0.05, 0.1) is 0 Å². The van der Waals surface area contributed by atoms with Crippen LogP contribution in [0.25, 0.3) is 0 Å². The second-order valence-corrected chi connectivity index (χ2v) is 5.78. The summed E-state index contributed by atoms with van der Waals surface area (Å²) in [6.07, 6.45) is 2.24. The SMILES string of the molecule is Cc1nonc1CN1CCC(Oc2cccc(Cl)c2)CC1. The molecule has 21 heavy (non-hydrogen) atoms. The molecule has 1 aromatic heterocycles. The van der Waals surface area contributed by atoms with E-state index in [4.69, 9.17) is 21.0 Å². The minimum atomic E-state index is 0.247. The van der Waals surface area contributed by atoms with Gasteiger partial charge in [0.1, 0.15) is 23.2 Å². The van der Waals surface area contributed by atoms with Crippen molar-refractivity contribution in [3.8, 4) is 5.75 Å². The fourth-order valence-electron chi connectivity index (χ4n) is 2.52. The lowest BCUT2D eigenvalue weighted by Gasteiger charge is -2.31. The van der Waals surface area contributed by atoms with Crippen LogP contribution in [0.3, 0.4) is 0 Å². The number of piperidine rings is 1. The van der Waals surface area contributed by atoms with Gasteiger partial charge in [-0.1, -0.05) is 28.0 Å². The fourth-order valence-corrected chi connectivity index (χ4v) is 2.70. The van der Waals surface area contributed by atoms with Crippen molar-refractivity contribution < 1.29 is 9.37 Å². The van der Waals surface area contributed by atoms with Crippen molar-refractivity contribution in [2.24, 2.45) is 0 Å². The van der Waals surface area contributed by atoms with E-state index in [1.165, 1.54) is 0 Å². The number of hydrogen-bond acceptors (Lipinski definition) is 5. The van der Waals surface area contributed by atoms with Gasteiger partial charge in [0.25, 0.3) is 0 Å². The second-order valence-electron chi connectivity index (χ2n) is 5.35. The van der Waals surface area contributed by atoms with Crippen molar-refractivity contribution in [2.75, 3.05) is 13.1 Å². The number of nitrogens with zero attached hydrogens (tertiary/aromatic N) is 3. The molecule has 1 saturated heterocycles. The third-order valence-electron chi connectivity index (χ3n) is 3.75. The first-order chi connectivity index (χ1) is 10.2. The first kappa shape index (κ1) is 14.4. The van der Waals surface area contributed by atoms with Gasteiger partial charge in [0.15, 0.2) is 0 Å². The molecule has 6 heteroatoms. The predicted octanol–water partition coefficient (Wildman–Crippen LogP) is 3.07. The Morgan fingerprint density at radius 3 is 2.81 bits per heavy atom. The van der Waals surface area contributed by atoms with E-state index >= 15 is 0 Å². The first-order valence-corrected chi connectivity index (χ1v) is 7.51. The average molecular weight is 308 g/mol. The van der Waals surface area contributed by atoms with Gasteiger partial charge in [0, 0.05) is 24.7 Å². The maximum absolute atomic E-state index is 5.99. The van der Waals surface area contributed by atoms with Crippen LogP contribution < -0.4 is 4.74 Å². The molecular weight excluding hydrogens is 290 g/mol. The highest BCUT2D eigenvalue weighted by Crippen LogP contribution is 2.22. The quantitative estimate of drug-likeness (QED) is 0.869. The van der Waals surface area contributed by atoms with Crippen LogP contribution in [0.4, 0.5) is 0 Å². The summed E-state index contributed by atoms with van der Waals surface area (Å²) >= 11 is 5.97. The molecule has 0 unspecified atom stereocenters. The summed E-state index contributed by atoms with van der Waals surface area (Å²) in [5, 5.41) is 8.45. The highest BCUT2D eigenvalue weighted by molar-refractivity contribution is 6.30. The minimum absolute atomic E-state index is 0.247. The number of hydrogen-bond donors (Lipinski definition) is 0. The van der Waals surface area contributed by atoms with Gasteiger partial charge in [-0.15, -0.1) is 0 Å². The van der Waals surface area contributed by atoms with Crippen molar-refractivity contribution in [2.45, 2.75) is 32.4 Å². The molecule has 5 nitrogen and oxygen atoms in total. The van der Waals surface area contributed by atoms with Crippen molar-refractivity contribution in [1.29, 1.82) is 0 Å². The van der Waals surface area contributed by atoms with E-state index in [-0.39, 0.29) is 6.10 Å². The number of likely N-dealkylation sites (tertiary alicyclic amines) is 1. The van der Waals surface area contributed by atoms with Gasteiger partial charge < -0.3 is 4.74 Å². The van der Waals surface area contributed by atoms with Crippen molar-refractivity contribution in [3.63, 3.8) is 0 Å². The Kier molecular flexibility index (Phi) is 4.41. The van der Waals surface area contributed by atoms with Gasteiger partial charge in [-0.25, -0.2) is 4.63 Å². The van der Waals surface area contributed by atoms with E-state index in [1.807, 2.05) is 31.2 Å². The van der Waals surface area contributed by atoms with Crippen LogP contribution in [0.5, 0.6) is 5.75 Å². The van der Waals surface area contributed by atoms with E-state index < -0.39 is 0 Å². The lowest BCUT2D eigenvalue weighted by Crippen LogP contribution is -2.38. The topological polar surface area (TPSA) is 51.4 Å². The molecular formula is C15H18ClN3O2. The number of rotatable bonds is 4. The molecule has 3 rings (SSSR count). The first-order valence-electron chi connectivity index (χ1n) is 7.13. The van der Waals surface area contributed by atoms with Gasteiger partial charge in [0.2, 0.25) is 0 Å². The number of ether oxygens (including phenoxy) is 1. The zero-order valence-corrected chi connectivity index (χ0v) is 12.7. The normalized spacial score (nSPS) is 17.0. The Bertz CT molecular complexity index is 594. The van der Waals surface area contributed by atoms with Crippen LogP contribution in [0.1, 0.15) is 24.2 Å². The molecule has 112 valence electrons. The average Bonchev–Trinajstić information content (AvgIpc) is 2.87. The summed E-state index contributed by atoms with van der Waals surface area (Å²) in [5.41, 5.74) is 1.79. The van der Waals surface area contributed by atoms with E-state index in [2.05, 4.69) is 15.2 Å². The monoisotopic (exact) mass is 307 g/mol. The Labute approximate surface area is 128 Å². The lowest BCUT2D eigenvalue weighted by molar-refractivity contribution is 0.0953. The molecule has 0 spiro atoms. The minimum Gasteiger partial charge on any atom is -0.490 e. The van der Waals surface area contributed by atoms with E-state index in [0.29, 0.717) is 5.02 Å². The number of benzene rings is 1. The number of aryl methyl sites for hydroxylation is 1. The molecule has 0 bridgehead atoms. The molecule has 1 fully saturated rings. The standard InChI is InChI=1S/C15H18ClN3O2/c1-11-15(18-21-17-11)10-19-7-5-13(6-8-19)20-14-4-2-3-12(16)9-14/h2-4,9,13H,5-8,10H2,1H3. The summed E-state index contributed by atoms with van der Waals surface area (Å²) in [6, 6.07) is 7.57. The summed E-state index contributed by atoms with van der Waals surface area (Å²) in [4.78, 5) is 2.35. The zero-order chi connectivity index (χ0) is 14.7. The lowest BCUT2D eigenvalue weighted by atomic mass is 10.1. The number of halogens is 1. The fraction of sp³-hybridized carbons (Fsp3) is 0.467. The van der Waals surface area contributed by atoms with Crippen LogP contribution in [0.2, 0.25) is 5.02 Å². The van der Waals surface area contributed by atoms with Crippen molar-refractivity contribution in [1.82, 2.24) is 15.2 Å². The largest absolute Gasteiger partial charge is 0.490 e. The maximum Gasteiger partial charge on any atom is 0.122 e. The molecule has 0 saturated carbocycles. The van der Waals surface area contributed by atoms with E-state index in [9.17, 15) is 0 Å². The number of aromatic nitrogens is 2. The Balaban J connectivity index is 1.50. The molecule has 1 aliphatic rings. The van der Waals surface area contributed by atoms with Crippen LogP contribution in [-0.2, 0) is 6.54 Å². The highest BCUT2D eigenvalue weighted by Gasteiger charge is 2.22. The highest BCUT2D eigenvalue weighted by atomic mass is 35.5. The molecule has 0 amide bonds. The van der Waals surface area contributed by atoms with Crippen LogP contribution in [-0.4, -0.2) is 34.4 Å². The summed E-state index contributed by atoms with van der Waals surface area (Å²) in [6.45, 7) is 4.68. The summed E-state index contributed by atoms with van der Waals surface area (Å²) < 4.78 is 10.7. The van der Waals surface area contributed by atoms with Gasteiger partial charge in [-0.05, 0) is 38.0 Å². The van der Waals surface area contributed by atoms with Crippen LogP contribution in [0, 0.1) is 6.92 Å². The Hall–Kier alpha value is -1.59. The van der Waals surface area contributed by atoms with Gasteiger partial charge >= 0.3 is 0 Å².